The van der Waals surface area contributed by atoms with Crippen molar-refractivity contribution in [3.05, 3.63) is 80.8 Å². The van der Waals surface area contributed by atoms with Crippen LogP contribution in [0.2, 0.25) is 0 Å². The fraction of sp³-hybridized carbons (Fsp3) is 0.190. The fourth-order valence-corrected chi connectivity index (χ4v) is 4.31. The van der Waals surface area contributed by atoms with Crippen LogP contribution in [0.15, 0.2) is 53.3 Å². The van der Waals surface area contributed by atoms with Crippen molar-refractivity contribution in [2.45, 2.75) is 25.8 Å². The predicted octanol–water partition coefficient (Wildman–Crippen LogP) is 3.04. The second kappa shape index (κ2) is 7.21. The second-order valence-corrected chi connectivity index (χ2v) is 8.00. The van der Waals surface area contributed by atoms with E-state index in [-0.39, 0.29) is 11.5 Å². The molecule has 1 aliphatic heterocycles. The Balaban J connectivity index is 1.36. The minimum Gasteiger partial charge on any atom is -0.296 e. The van der Waals surface area contributed by atoms with E-state index in [4.69, 9.17) is 0 Å². The lowest BCUT2D eigenvalue weighted by molar-refractivity contribution is 0.102. The lowest BCUT2D eigenvalue weighted by atomic mass is 10.1. The van der Waals surface area contributed by atoms with Gasteiger partial charge in [-0.15, -0.1) is 10.2 Å². The molecule has 3 heterocycles. The van der Waals surface area contributed by atoms with Crippen LogP contribution < -0.4 is 10.9 Å². The van der Waals surface area contributed by atoms with E-state index < -0.39 is 0 Å². The summed E-state index contributed by atoms with van der Waals surface area (Å²) in [6.45, 7) is 0.710. The Hall–Kier alpha value is -3.39. The predicted molar refractivity (Wildman–Crippen MR) is 111 cm³/mol. The minimum atomic E-state index is -0.295. The van der Waals surface area contributed by atoms with E-state index in [1.54, 1.807) is 22.8 Å². The number of anilines is 1. The monoisotopic (exact) mass is 403 g/mol. The summed E-state index contributed by atoms with van der Waals surface area (Å²) in [5.41, 5.74) is 2.09. The summed E-state index contributed by atoms with van der Waals surface area (Å²) in [6, 6.07) is 15.0. The number of carbonyl (C=O) groups is 1. The van der Waals surface area contributed by atoms with E-state index in [1.165, 1.54) is 11.3 Å². The molecule has 1 aliphatic rings. The van der Waals surface area contributed by atoms with Gasteiger partial charge in [0.05, 0.1) is 10.9 Å². The van der Waals surface area contributed by atoms with Crippen molar-refractivity contribution in [2.75, 3.05) is 5.32 Å². The molecule has 0 spiro atoms. The van der Waals surface area contributed by atoms with Crippen molar-refractivity contribution in [3.63, 3.8) is 0 Å². The molecule has 2 aromatic heterocycles. The van der Waals surface area contributed by atoms with Crippen LogP contribution in [-0.4, -0.2) is 25.7 Å². The molecule has 29 heavy (non-hydrogen) atoms. The third-order valence-electron chi connectivity index (χ3n) is 4.96. The molecule has 0 saturated carbocycles. The summed E-state index contributed by atoms with van der Waals surface area (Å²) in [6.07, 6.45) is 2.38. The highest BCUT2D eigenvalue weighted by atomic mass is 32.1. The number of amides is 1. The number of nitrogens with zero attached hydrogens (tertiary/aromatic N) is 4. The molecule has 0 radical (unpaired) electrons. The van der Waals surface area contributed by atoms with Gasteiger partial charge in [0.25, 0.3) is 11.5 Å². The first-order chi connectivity index (χ1) is 14.2. The molecule has 0 aliphatic carbocycles. The molecule has 1 N–H and O–H groups in total. The van der Waals surface area contributed by atoms with Crippen molar-refractivity contribution in [1.29, 1.82) is 0 Å². The van der Waals surface area contributed by atoms with Crippen LogP contribution in [0.3, 0.4) is 0 Å². The Morgan fingerprint density at radius 1 is 1.14 bits per heavy atom. The first-order valence-corrected chi connectivity index (χ1v) is 10.2. The molecule has 0 atom stereocenters. The molecule has 0 saturated heterocycles. The van der Waals surface area contributed by atoms with Crippen molar-refractivity contribution in [2.24, 2.45) is 0 Å². The van der Waals surface area contributed by atoms with Gasteiger partial charge in [0.15, 0.2) is 0 Å². The first kappa shape index (κ1) is 17.7. The Morgan fingerprint density at radius 3 is 2.86 bits per heavy atom. The molecule has 144 valence electrons. The Kier molecular flexibility index (Phi) is 4.40. The molecular weight excluding hydrogens is 386 g/mol. The van der Waals surface area contributed by atoms with Crippen molar-refractivity contribution >= 4 is 33.3 Å². The van der Waals surface area contributed by atoms with Crippen LogP contribution in [0.25, 0.3) is 10.9 Å². The number of hydrogen-bond acceptors (Lipinski definition) is 6. The lowest BCUT2D eigenvalue weighted by Crippen LogP contribution is -2.21. The van der Waals surface area contributed by atoms with Crippen LogP contribution in [-0.2, 0) is 19.4 Å². The van der Waals surface area contributed by atoms with Crippen LogP contribution in [0, 0.1) is 0 Å². The second-order valence-electron chi connectivity index (χ2n) is 6.94. The zero-order valence-corrected chi connectivity index (χ0v) is 16.3. The Labute approximate surface area is 170 Å². The quantitative estimate of drug-likeness (QED) is 0.566. The average molecular weight is 403 g/mol. The van der Waals surface area contributed by atoms with Crippen LogP contribution in [0.5, 0.6) is 0 Å². The normalized spacial score (nSPS) is 12.8. The molecule has 4 aromatic rings. The summed E-state index contributed by atoms with van der Waals surface area (Å²) in [7, 11) is 0. The molecule has 2 aromatic carbocycles. The maximum Gasteiger partial charge on any atom is 0.261 e. The highest BCUT2D eigenvalue weighted by Gasteiger charge is 2.17. The number of hydrogen-bond donors (Lipinski definition) is 1. The van der Waals surface area contributed by atoms with Gasteiger partial charge in [0, 0.05) is 24.9 Å². The number of fused-ring (bicyclic) bond motifs is 2. The summed E-state index contributed by atoms with van der Waals surface area (Å²) in [5.74, 6) is 0.492. The molecule has 8 heteroatoms. The van der Waals surface area contributed by atoms with Gasteiger partial charge >= 0.3 is 0 Å². The summed E-state index contributed by atoms with van der Waals surface area (Å²) in [4.78, 5) is 29.8. The molecule has 1 amide bonds. The molecular formula is C21H17N5O2S. The summed E-state index contributed by atoms with van der Waals surface area (Å²) >= 11 is 1.35. The summed E-state index contributed by atoms with van der Waals surface area (Å²) in [5, 5.41) is 12.8. The molecule has 0 bridgehead atoms. The van der Waals surface area contributed by atoms with Gasteiger partial charge in [-0.2, -0.15) is 0 Å². The standard InChI is InChI=1S/C21H17N5O2S/c27-19(23-21-25-24-18(29-21)11-13-5-2-1-3-6-13)14-8-9-15-16(12-14)22-17-7-4-10-26(17)20(15)28/h1-3,5-6,8-9,12H,4,7,10-11H2,(H,23,25,27). The van der Waals surface area contributed by atoms with Gasteiger partial charge in [-0.25, -0.2) is 4.98 Å². The van der Waals surface area contributed by atoms with Gasteiger partial charge in [-0.1, -0.05) is 41.7 Å². The highest BCUT2D eigenvalue weighted by Crippen LogP contribution is 2.20. The maximum atomic E-state index is 12.7. The molecule has 7 nitrogen and oxygen atoms in total. The number of carbonyl (C=O) groups excluding carboxylic acids is 1. The van der Waals surface area contributed by atoms with Crippen molar-refractivity contribution < 1.29 is 4.79 Å². The lowest BCUT2D eigenvalue weighted by Gasteiger charge is -2.06. The number of aromatic nitrogens is 4. The molecule has 5 rings (SSSR count). The van der Waals surface area contributed by atoms with Crippen molar-refractivity contribution in [1.82, 2.24) is 19.7 Å². The molecule has 0 fully saturated rings. The van der Waals surface area contributed by atoms with E-state index in [9.17, 15) is 9.59 Å². The first-order valence-electron chi connectivity index (χ1n) is 9.38. The van der Waals surface area contributed by atoms with Crippen LogP contribution in [0.1, 0.15) is 33.2 Å². The van der Waals surface area contributed by atoms with E-state index in [0.29, 0.717) is 34.6 Å². The highest BCUT2D eigenvalue weighted by molar-refractivity contribution is 7.15. The zero-order valence-electron chi connectivity index (χ0n) is 15.5. The largest absolute Gasteiger partial charge is 0.296 e. The molecule has 0 unspecified atom stereocenters. The smallest absolute Gasteiger partial charge is 0.261 e. The minimum absolute atomic E-state index is 0.0378. The van der Waals surface area contributed by atoms with E-state index in [0.717, 1.165) is 29.2 Å². The topological polar surface area (TPSA) is 89.8 Å². The Morgan fingerprint density at radius 2 is 2.00 bits per heavy atom. The van der Waals surface area contributed by atoms with Gasteiger partial charge in [-0.3, -0.25) is 19.5 Å². The third-order valence-corrected chi connectivity index (χ3v) is 5.80. The average Bonchev–Trinajstić information content (AvgIpc) is 3.38. The van der Waals surface area contributed by atoms with Crippen molar-refractivity contribution in [3.8, 4) is 0 Å². The van der Waals surface area contributed by atoms with E-state index in [2.05, 4.69) is 20.5 Å². The zero-order chi connectivity index (χ0) is 19.8. The number of aryl methyl sites for hydroxylation is 1. The third kappa shape index (κ3) is 3.42. The fourth-order valence-electron chi connectivity index (χ4n) is 3.54. The van der Waals surface area contributed by atoms with Crippen LogP contribution in [0.4, 0.5) is 5.13 Å². The van der Waals surface area contributed by atoms with E-state index >= 15 is 0 Å². The number of benzene rings is 2. The van der Waals surface area contributed by atoms with Gasteiger partial charge in [0.2, 0.25) is 5.13 Å². The maximum absolute atomic E-state index is 12.7. The summed E-state index contributed by atoms with van der Waals surface area (Å²) < 4.78 is 1.72. The number of nitrogens with one attached hydrogen (secondary N) is 1. The van der Waals surface area contributed by atoms with Crippen LogP contribution >= 0.6 is 11.3 Å². The Bertz CT molecular complexity index is 1280. The van der Waals surface area contributed by atoms with Gasteiger partial charge < -0.3 is 0 Å². The van der Waals surface area contributed by atoms with Gasteiger partial charge in [0.1, 0.15) is 10.8 Å². The van der Waals surface area contributed by atoms with E-state index in [1.807, 2.05) is 30.3 Å². The number of rotatable bonds is 4. The van der Waals surface area contributed by atoms with Gasteiger partial charge in [-0.05, 0) is 30.2 Å². The SMILES string of the molecule is O=C(Nc1nnc(Cc2ccccc2)s1)c1ccc2c(=O)n3c(nc2c1)CCC3.